The van der Waals surface area contributed by atoms with E-state index in [1.54, 1.807) is 0 Å². The molecule has 0 radical (unpaired) electrons. The highest BCUT2D eigenvalue weighted by molar-refractivity contribution is 5.69. The fraction of sp³-hybridized carbons (Fsp3) is 0.889. The van der Waals surface area contributed by atoms with Crippen LogP contribution in [0.3, 0.4) is 0 Å². The molecular weight excluding hydrogens is 156 g/mol. The van der Waals surface area contributed by atoms with Crippen molar-refractivity contribution >= 4 is 5.97 Å². The molecule has 0 amide bonds. The van der Waals surface area contributed by atoms with Crippen molar-refractivity contribution in [2.75, 3.05) is 13.2 Å². The summed E-state index contributed by atoms with van der Waals surface area (Å²) in [7, 11) is 0. The third-order valence-electron chi connectivity index (χ3n) is 2.27. The van der Waals surface area contributed by atoms with Gasteiger partial charge in [-0.3, -0.25) is 4.79 Å². The molecule has 0 unspecified atom stereocenters. The number of hydrogen-bond donors (Lipinski definition) is 0. The first kappa shape index (κ1) is 9.52. The highest BCUT2D eigenvalue weighted by atomic mass is 16.5. The van der Waals surface area contributed by atoms with Gasteiger partial charge in [-0.2, -0.15) is 0 Å². The topological polar surface area (TPSA) is 35.5 Å². The van der Waals surface area contributed by atoms with Gasteiger partial charge < -0.3 is 9.47 Å². The third-order valence-corrected chi connectivity index (χ3v) is 2.27. The maximum atomic E-state index is 11.1. The lowest BCUT2D eigenvalue weighted by molar-refractivity contribution is -0.144. The summed E-state index contributed by atoms with van der Waals surface area (Å²) in [6, 6.07) is 0. The molecule has 3 nitrogen and oxygen atoms in total. The van der Waals surface area contributed by atoms with E-state index in [1.165, 1.54) is 0 Å². The van der Waals surface area contributed by atoms with Crippen LogP contribution in [0.15, 0.2) is 0 Å². The molecule has 0 N–H and O–H groups in total. The van der Waals surface area contributed by atoms with Crippen LogP contribution < -0.4 is 0 Å². The molecule has 0 aliphatic carbocycles. The number of esters is 1. The van der Waals surface area contributed by atoms with E-state index in [0.717, 1.165) is 13.0 Å². The smallest absolute Gasteiger partial charge is 0.306 e. The Balaban J connectivity index is 2.25. The van der Waals surface area contributed by atoms with E-state index < -0.39 is 0 Å². The first-order valence-corrected chi connectivity index (χ1v) is 4.51. The minimum atomic E-state index is -0.0974. The van der Waals surface area contributed by atoms with Crippen LogP contribution >= 0.6 is 0 Å². The van der Waals surface area contributed by atoms with Crippen LogP contribution in [0.5, 0.6) is 0 Å². The third kappa shape index (κ3) is 2.48. The highest BCUT2D eigenvalue weighted by Crippen LogP contribution is 2.23. The molecular formula is C9H16O3. The minimum Gasteiger partial charge on any atom is -0.466 e. The monoisotopic (exact) mass is 172 g/mol. The average molecular weight is 172 g/mol. The summed E-state index contributed by atoms with van der Waals surface area (Å²) < 4.78 is 10.2. The summed E-state index contributed by atoms with van der Waals surface area (Å²) in [5.74, 6) is 0.267. The zero-order valence-corrected chi connectivity index (χ0v) is 7.71. The van der Waals surface area contributed by atoms with E-state index >= 15 is 0 Å². The SMILES string of the molecule is CCOC(=O)C[C@H]1CCO[C@@H]1C. The second-order valence-electron chi connectivity index (χ2n) is 3.13. The van der Waals surface area contributed by atoms with Crippen molar-refractivity contribution in [3.63, 3.8) is 0 Å². The molecule has 0 aromatic carbocycles. The summed E-state index contributed by atoms with van der Waals surface area (Å²) in [6.45, 7) is 5.09. The Morgan fingerprint density at radius 1 is 1.67 bits per heavy atom. The maximum Gasteiger partial charge on any atom is 0.306 e. The summed E-state index contributed by atoms with van der Waals surface area (Å²) in [5, 5.41) is 0. The van der Waals surface area contributed by atoms with Gasteiger partial charge in [0.1, 0.15) is 0 Å². The molecule has 0 aromatic rings. The molecule has 1 aliphatic heterocycles. The van der Waals surface area contributed by atoms with E-state index in [-0.39, 0.29) is 12.1 Å². The predicted octanol–water partition coefficient (Wildman–Crippen LogP) is 1.36. The van der Waals surface area contributed by atoms with Gasteiger partial charge in [-0.05, 0) is 26.2 Å². The van der Waals surface area contributed by atoms with E-state index in [0.29, 0.717) is 18.9 Å². The zero-order valence-electron chi connectivity index (χ0n) is 7.71. The maximum absolute atomic E-state index is 11.1. The van der Waals surface area contributed by atoms with Gasteiger partial charge in [-0.1, -0.05) is 0 Å². The number of carbonyl (C=O) groups is 1. The van der Waals surface area contributed by atoms with Crippen molar-refractivity contribution < 1.29 is 14.3 Å². The van der Waals surface area contributed by atoms with Crippen LogP contribution in [0, 0.1) is 5.92 Å². The molecule has 3 heteroatoms. The Morgan fingerprint density at radius 3 is 2.92 bits per heavy atom. The number of carbonyl (C=O) groups excluding carboxylic acids is 1. The quantitative estimate of drug-likeness (QED) is 0.603. The van der Waals surface area contributed by atoms with Crippen molar-refractivity contribution in [3.05, 3.63) is 0 Å². The summed E-state index contributed by atoms with van der Waals surface area (Å²) >= 11 is 0. The van der Waals surface area contributed by atoms with Crippen molar-refractivity contribution in [1.29, 1.82) is 0 Å². The summed E-state index contributed by atoms with van der Waals surface area (Å²) in [5.41, 5.74) is 0. The molecule has 12 heavy (non-hydrogen) atoms. The number of hydrogen-bond acceptors (Lipinski definition) is 3. The molecule has 0 spiro atoms. The Morgan fingerprint density at radius 2 is 2.42 bits per heavy atom. The van der Waals surface area contributed by atoms with Gasteiger partial charge in [0.25, 0.3) is 0 Å². The Hall–Kier alpha value is -0.570. The van der Waals surface area contributed by atoms with Gasteiger partial charge in [-0.15, -0.1) is 0 Å². The molecule has 2 atom stereocenters. The summed E-state index contributed by atoms with van der Waals surface area (Å²) in [6.07, 6.45) is 1.71. The van der Waals surface area contributed by atoms with E-state index in [2.05, 4.69) is 0 Å². The molecule has 1 heterocycles. The van der Waals surface area contributed by atoms with E-state index in [9.17, 15) is 4.79 Å². The second-order valence-corrected chi connectivity index (χ2v) is 3.13. The van der Waals surface area contributed by atoms with Crippen LogP contribution in [-0.2, 0) is 14.3 Å². The highest BCUT2D eigenvalue weighted by Gasteiger charge is 2.26. The Labute approximate surface area is 73.0 Å². The largest absolute Gasteiger partial charge is 0.466 e. The van der Waals surface area contributed by atoms with Gasteiger partial charge in [0, 0.05) is 6.61 Å². The van der Waals surface area contributed by atoms with Crippen molar-refractivity contribution in [3.8, 4) is 0 Å². The first-order valence-electron chi connectivity index (χ1n) is 4.51. The van der Waals surface area contributed by atoms with Gasteiger partial charge in [0.2, 0.25) is 0 Å². The number of rotatable bonds is 3. The van der Waals surface area contributed by atoms with Crippen LogP contribution in [-0.4, -0.2) is 25.3 Å². The Kier molecular flexibility index (Phi) is 3.53. The molecule has 0 saturated carbocycles. The second kappa shape index (κ2) is 4.45. The fourth-order valence-corrected chi connectivity index (χ4v) is 1.48. The van der Waals surface area contributed by atoms with E-state index in [4.69, 9.17) is 9.47 Å². The summed E-state index contributed by atoms with van der Waals surface area (Å²) in [4.78, 5) is 11.1. The van der Waals surface area contributed by atoms with Crippen LogP contribution in [0.1, 0.15) is 26.7 Å². The van der Waals surface area contributed by atoms with Crippen LogP contribution in [0.4, 0.5) is 0 Å². The van der Waals surface area contributed by atoms with Crippen molar-refractivity contribution in [1.82, 2.24) is 0 Å². The molecule has 1 rings (SSSR count). The molecule has 1 saturated heterocycles. The molecule has 70 valence electrons. The van der Waals surface area contributed by atoms with Crippen molar-refractivity contribution in [2.45, 2.75) is 32.8 Å². The normalized spacial score (nSPS) is 28.8. The standard InChI is InChI=1S/C9H16O3/c1-3-11-9(10)6-8-4-5-12-7(8)2/h7-8H,3-6H2,1-2H3/t7-,8-/m1/s1. The first-order chi connectivity index (χ1) is 5.74. The fourth-order valence-electron chi connectivity index (χ4n) is 1.48. The Bertz CT molecular complexity index is 156. The molecule has 0 aromatic heterocycles. The molecule has 1 fully saturated rings. The minimum absolute atomic E-state index is 0.0974. The molecule has 1 aliphatic rings. The van der Waals surface area contributed by atoms with E-state index in [1.807, 2.05) is 13.8 Å². The molecule has 0 bridgehead atoms. The van der Waals surface area contributed by atoms with Gasteiger partial charge in [0.05, 0.1) is 19.1 Å². The van der Waals surface area contributed by atoms with Gasteiger partial charge in [-0.25, -0.2) is 0 Å². The van der Waals surface area contributed by atoms with Crippen LogP contribution in [0.2, 0.25) is 0 Å². The van der Waals surface area contributed by atoms with Gasteiger partial charge in [0.15, 0.2) is 0 Å². The predicted molar refractivity (Wildman–Crippen MR) is 44.8 cm³/mol. The van der Waals surface area contributed by atoms with Crippen molar-refractivity contribution in [2.24, 2.45) is 5.92 Å². The lowest BCUT2D eigenvalue weighted by Crippen LogP contribution is -2.17. The lowest BCUT2D eigenvalue weighted by Gasteiger charge is -2.12. The average Bonchev–Trinajstić information content (AvgIpc) is 2.37. The number of ether oxygens (including phenoxy) is 2. The van der Waals surface area contributed by atoms with Gasteiger partial charge >= 0.3 is 5.97 Å². The van der Waals surface area contributed by atoms with Crippen LogP contribution in [0.25, 0.3) is 0 Å². The zero-order chi connectivity index (χ0) is 8.97. The lowest BCUT2D eigenvalue weighted by atomic mass is 9.99.